The van der Waals surface area contributed by atoms with E-state index in [1.54, 1.807) is 18.2 Å². The second-order valence-electron chi connectivity index (χ2n) is 9.38. The summed E-state index contributed by atoms with van der Waals surface area (Å²) >= 11 is 0. The molecule has 0 amide bonds. The number of carbonyl (C=O) groups is 1. The fourth-order valence-electron chi connectivity index (χ4n) is 4.44. The molecule has 1 aliphatic carbocycles. The lowest BCUT2D eigenvalue weighted by Gasteiger charge is -2.31. The maximum atomic E-state index is 12.7. The summed E-state index contributed by atoms with van der Waals surface area (Å²) in [6.45, 7) is 10.8. The minimum Gasteiger partial charge on any atom is -0.496 e. The molecule has 0 N–H and O–H groups in total. The Balaban J connectivity index is 1.73. The van der Waals surface area contributed by atoms with Crippen LogP contribution in [-0.4, -0.2) is 23.4 Å². The number of hydrogen-bond acceptors (Lipinski definition) is 4. The molecule has 5 nitrogen and oxygen atoms in total. The average molecular weight is 431 g/mol. The molecule has 0 atom stereocenters. The highest BCUT2D eigenvalue weighted by molar-refractivity contribution is 6.04. The fraction of sp³-hybridized carbons (Fsp3) is 0.333. The number of para-hydroxylation sites is 1. The summed E-state index contributed by atoms with van der Waals surface area (Å²) in [5.41, 5.74) is 8.22. The number of aromatic nitrogens is 1. The number of ether oxygens (including phenoxy) is 1. The van der Waals surface area contributed by atoms with Gasteiger partial charge < -0.3 is 14.1 Å². The molecule has 1 heterocycles. The lowest BCUT2D eigenvalue weighted by Crippen LogP contribution is -2.28. The zero-order chi connectivity index (χ0) is 23.0. The molecule has 0 aliphatic heterocycles. The zero-order valence-electron chi connectivity index (χ0n) is 19.7. The Labute approximate surface area is 189 Å². The van der Waals surface area contributed by atoms with Crippen LogP contribution in [0.2, 0.25) is 0 Å². The molecule has 1 aliphatic rings. The van der Waals surface area contributed by atoms with Crippen LogP contribution >= 0.6 is 0 Å². The largest absolute Gasteiger partial charge is 0.496 e. The van der Waals surface area contributed by atoms with E-state index in [4.69, 9.17) is 9.57 Å². The Hall–Kier alpha value is -3.34. The van der Waals surface area contributed by atoms with Gasteiger partial charge in [0, 0.05) is 22.6 Å². The maximum absolute atomic E-state index is 12.7. The van der Waals surface area contributed by atoms with Crippen molar-refractivity contribution in [3.05, 3.63) is 82.2 Å². The molecule has 32 heavy (non-hydrogen) atoms. The lowest BCUT2D eigenvalue weighted by atomic mass is 9.76. The molecule has 3 aromatic rings. The minimum atomic E-state index is -0.523. The number of rotatable bonds is 4. The van der Waals surface area contributed by atoms with Gasteiger partial charge >= 0.3 is 5.97 Å². The first-order chi connectivity index (χ1) is 15.2. The van der Waals surface area contributed by atoms with Crippen molar-refractivity contribution in [3.8, 4) is 11.4 Å². The number of fused-ring (bicyclic) bond motifs is 1. The third-order valence-corrected chi connectivity index (χ3v) is 6.20. The molecular formula is C27H30N2O3. The van der Waals surface area contributed by atoms with Gasteiger partial charge in [-0.1, -0.05) is 37.2 Å². The van der Waals surface area contributed by atoms with Crippen molar-refractivity contribution in [3.63, 3.8) is 0 Å². The van der Waals surface area contributed by atoms with Gasteiger partial charge in [0.2, 0.25) is 0 Å². The smallest absolute Gasteiger partial charge is 0.369 e. The third-order valence-electron chi connectivity index (χ3n) is 6.20. The number of hydrogen-bond donors (Lipinski definition) is 0. The summed E-state index contributed by atoms with van der Waals surface area (Å²) in [5.74, 6) is -0.0516. The first kappa shape index (κ1) is 21.9. The van der Waals surface area contributed by atoms with Crippen LogP contribution in [0.5, 0.6) is 5.75 Å². The standard InChI is InChI=1S/C27H30N2O3/c1-17-11-12-20(13-18(17)2)29-19(3)14-22-23(15-27(4,5)16-24(22)29)28-32-26(30)21-9-7-8-10-25(21)31-6/h7-14H,15-16H2,1-6H3/b28-23+. The lowest BCUT2D eigenvalue weighted by molar-refractivity contribution is 0.0510. The van der Waals surface area contributed by atoms with Crippen LogP contribution in [0.4, 0.5) is 0 Å². The predicted octanol–water partition coefficient (Wildman–Crippen LogP) is 5.94. The Morgan fingerprint density at radius 1 is 1.00 bits per heavy atom. The summed E-state index contributed by atoms with van der Waals surface area (Å²) in [6.07, 6.45) is 1.65. The number of carbonyl (C=O) groups excluding carboxylic acids is 1. The van der Waals surface area contributed by atoms with Gasteiger partial charge in [0.25, 0.3) is 0 Å². The van der Waals surface area contributed by atoms with Gasteiger partial charge in [0.15, 0.2) is 0 Å². The molecule has 1 aromatic heterocycles. The topological polar surface area (TPSA) is 52.8 Å². The van der Waals surface area contributed by atoms with Crippen molar-refractivity contribution < 1.29 is 14.4 Å². The SMILES string of the molecule is COc1ccccc1C(=O)O/N=C1\CC(C)(C)Cc2c1cc(C)n2-c1ccc(C)c(C)c1. The van der Waals surface area contributed by atoms with Crippen LogP contribution in [0.3, 0.4) is 0 Å². The Kier molecular flexibility index (Phi) is 5.68. The second kappa shape index (κ2) is 8.30. The molecule has 5 heteroatoms. The molecule has 2 aromatic carbocycles. The van der Waals surface area contributed by atoms with E-state index in [0.717, 1.165) is 35.5 Å². The molecule has 0 saturated heterocycles. The maximum Gasteiger partial charge on any atom is 0.369 e. The molecule has 0 saturated carbocycles. The van der Waals surface area contributed by atoms with Gasteiger partial charge in [-0.05, 0) is 80.5 Å². The quantitative estimate of drug-likeness (QED) is 0.380. The van der Waals surface area contributed by atoms with Crippen molar-refractivity contribution in [1.82, 2.24) is 4.57 Å². The monoisotopic (exact) mass is 430 g/mol. The summed E-state index contributed by atoms with van der Waals surface area (Å²) in [4.78, 5) is 18.1. The van der Waals surface area contributed by atoms with Crippen molar-refractivity contribution >= 4 is 11.7 Å². The minimum absolute atomic E-state index is 0.00897. The van der Waals surface area contributed by atoms with E-state index in [1.807, 2.05) is 6.07 Å². The van der Waals surface area contributed by atoms with E-state index >= 15 is 0 Å². The summed E-state index contributed by atoms with van der Waals surface area (Å²) < 4.78 is 7.59. The van der Waals surface area contributed by atoms with Gasteiger partial charge in [0.1, 0.15) is 11.3 Å². The third kappa shape index (κ3) is 4.07. The van der Waals surface area contributed by atoms with Crippen molar-refractivity contribution in [2.45, 2.75) is 47.5 Å². The van der Waals surface area contributed by atoms with Gasteiger partial charge in [0.05, 0.1) is 12.8 Å². The van der Waals surface area contributed by atoms with E-state index in [-0.39, 0.29) is 5.41 Å². The Morgan fingerprint density at radius 3 is 2.47 bits per heavy atom. The van der Waals surface area contributed by atoms with E-state index in [2.05, 4.69) is 68.6 Å². The molecule has 0 unspecified atom stereocenters. The Morgan fingerprint density at radius 2 is 1.75 bits per heavy atom. The Bertz CT molecular complexity index is 1220. The summed E-state index contributed by atoms with van der Waals surface area (Å²) in [7, 11) is 1.53. The fourth-order valence-corrected chi connectivity index (χ4v) is 4.44. The highest BCUT2D eigenvalue weighted by Crippen LogP contribution is 2.38. The van der Waals surface area contributed by atoms with Crippen LogP contribution in [0.15, 0.2) is 53.7 Å². The van der Waals surface area contributed by atoms with Gasteiger partial charge in [-0.3, -0.25) is 0 Å². The van der Waals surface area contributed by atoms with Crippen LogP contribution < -0.4 is 4.74 Å². The zero-order valence-corrected chi connectivity index (χ0v) is 19.7. The normalized spacial score (nSPS) is 16.0. The molecule has 166 valence electrons. The van der Waals surface area contributed by atoms with Gasteiger partial charge in [-0.2, -0.15) is 0 Å². The summed E-state index contributed by atoms with van der Waals surface area (Å²) in [6, 6.07) is 15.7. The van der Waals surface area contributed by atoms with Crippen molar-refractivity contribution in [2.24, 2.45) is 10.6 Å². The highest BCUT2D eigenvalue weighted by atomic mass is 16.7. The number of nitrogens with zero attached hydrogens (tertiary/aromatic N) is 2. The van der Waals surface area contributed by atoms with E-state index < -0.39 is 5.97 Å². The highest BCUT2D eigenvalue weighted by Gasteiger charge is 2.34. The van der Waals surface area contributed by atoms with Crippen molar-refractivity contribution in [2.75, 3.05) is 7.11 Å². The predicted molar refractivity (Wildman–Crippen MR) is 127 cm³/mol. The molecule has 0 radical (unpaired) electrons. The molecule has 0 bridgehead atoms. The van der Waals surface area contributed by atoms with Gasteiger partial charge in [-0.25, -0.2) is 4.79 Å². The molecule has 4 rings (SSSR count). The molecular weight excluding hydrogens is 400 g/mol. The van der Waals surface area contributed by atoms with E-state index in [0.29, 0.717) is 11.3 Å². The number of methoxy groups -OCH3 is 1. The number of oxime groups is 1. The number of aryl methyl sites for hydroxylation is 3. The van der Waals surface area contributed by atoms with E-state index in [1.165, 1.54) is 23.9 Å². The molecule has 0 fully saturated rings. The number of benzene rings is 2. The molecule has 0 spiro atoms. The first-order valence-corrected chi connectivity index (χ1v) is 10.9. The van der Waals surface area contributed by atoms with Crippen molar-refractivity contribution in [1.29, 1.82) is 0 Å². The van der Waals surface area contributed by atoms with Crippen LogP contribution in [0.1, 0.15) is 58.7 Å². The second-order valence-corrected chi connectivity index (χ2v) is 9.38. The van der Waals surface area contributed by atoms with Crippen LogP contribution in [0, 0.1) is 26.2 Å². The van der Waals surface area contributed by atoms with E-state index in [9.17, 15) is 4.79 Å². The van der Waals surface area contributed by atoms with Gasteiger partial charge in [-0.15, -0.1) is 0 Å². The average Bonchev–Trinajstić information content (AvgIpc) is 3.08. The van der Waals surface area contributed by atoms with Crippen LogP contribution in [-0.2, 0) is 11.3 Å². The first-order valence-electron chi connectivity index (χ1n) is 10.9. The van der Waals surface area contributed by atoms with Crippen LogP contribution in [0.25, 0.3) is 5.69 Å². The summed E-state index contributed by atoms with van der Waals surface area (Å²) in [5, 5.41) is 4.35.